The lowest BCUT2D eigenvalue weighted by molar-refractivity contribution is -0.0907. The van der Waals surface area contributed by atoms with Crippen LogP contribution in [0.1, 0.15) is 25.8 Å². The van der Waals surface area contributed by atoms with Crippen LogP contribution < -0.4 is 19.5 Å². The molecule has 0 saturated carbocycles. The molecule has 15 heteroatoms. The van der Waals surface area contributed by atoms with Crippen molar-refractivity contribution in [2.24, 2.45) is 11.8 Å². The minimum Gasteiger partial charge on any atom is -0.492 e. The standard InChI is InChI=1S/C33H45N3O10S2/c1-22(2)17-36(48(39,40)25-7-8-29-30(16-25)45-21-44-29)18-28(37)27(34-33(38)46-31-19-43-32-26(31)9-12-42-32)15-23-3-5-24(6-4-23)41-13-10-35-11-14-47-20-35/h3-8,16,22,26-28,31-32,37H,9-15,17-21H2,1-2H3,(H,34,38)/t26-,27-,28+,31-,32+/m0/s1. The zero-order valence-electron chi connectivity index (χ0n) is 27.3. The van der Waals surface area contributed by atoms with E-state index < -0.39 is 34.4 Å². The van der Waals surface area contributed by atoms with Crippen LogP contribution in [0.4, 0.5) is 4.79 Å². The van der Waals surface area contributed by atoms with Crippen LogP contribution in [0.5, 0.6) is 17.2 Å². The van der Waals surface area contributed by atoms with Gasteiger partial charge in [-0.25, -0.2) is 13.2 Å². The molecule has 0 unspecified atom stereocenters. The van der Waals surface area contributed by atoms with Crippen LogP contribution in [0.3, 0.4) is 0 Å². The number of aliphatic hydroxyl groups excluding tert-OH is 1. The van der Waals surface area contributed by atoms with Crippen molar-refractivity contribution in [2.45, 2.75) is 56.1 Å². The second-order valence-electron chi connectivity index (χ2n) is 12.9. The van der Waals surface area contributed by atoms with E-state index in [0.29, 0.717) is 24.7 Å². The van der Waals surface area contributed by atoms with E-state index in [4.69, 9.17) is 28.4 Å². The number of hydrogen-bond donors (Lipinski definition) is 2. The average Bonchev–Trinajstić information content (AvgIpc) is 3.88. The van der Waals surface area contributed by atoms with Crippen molar-refractivity contribution in [1.82, 2.24) is 14.5 Å². The molecular weight excluding hydrogens is 663 g/mol. The first-order chi connectivity index (χ1) is 23.2. The zero-order valence-corrected chi connectivity index (χ0v) is 29.0. The number of rotatable bonds is 15. The van der Waals surface area contributed by atoms with Gasteiger partial charge in [-0.1, -0.05) is 26.0 Å². The van der Waals surface area contributed by atoms with Gasteiger partial charge in [-0.2, -0.15) is 4.31 Å². The fourth-order valence-corrected chi connectivity index (χ4v) is 8.92. The van der Waals surface area contributed by atoms with Gasteiger partial charge in [0.25, 0.3) is 0 Å². The summed E-state index contributed by atoms with van der Waals surface area (Å²) in [6.07, 6.45) is -1.91. The topological polar surface area (TPSA) is 145 Å². The van der Waals surface area contributed by atoms with Gasteiger partial charge in [-0.15, -0.1) is 11.8 Å². The Bertz CT molecular complexity index is 1490. The molecule has 5 atom stereocenters. The smallest absolute Gasteiger partial charge is 0.407 e. The number of carbonyl (C=O) groups is 1. The van der Waals surface area contributed by atoms with E-state index in [1.54, 1.807) is 6.07 Å². The molecule has 4 aliphatic rings. The van der Waals surface area contributed by atoms with E-state index in [0.717, 1.165) is 42.5 Å². The van der Waals surface area contributed by atoms with Crippen LogP contribution in [0, 0.1) is 11.8 Å². The molecule has 4 aliphatic heterocycles. The first kappa shape index (κ1) is 35.1. The van der Waals surface area contributed by atoms with E-state index in [1.807, 2.05) is 49.9 Å². The molecule has 2 N–H and O–H groups in total. The number of fused-ring (bicyclic) bond motifs is 2. The van der Waals surface area contributed by atoms with Crippen molar-refractivity contribution >= 4 is 27.9 Å². The molecule has 0 radical (unpaired) electrons. The molecular formula is C33H45N3O10S2. The number of benzene rings is 2. The maximum absolute atomic E-state index is 13.9. The van der Waals surface area contributed by atoms with Crippen molar-refractivity contribution in [3.63, 3.8) is 0 Å². The first-order valence-corrected chi connectivity index (χ1v) is 19.1. The van der Waals surface area contributed by atoms with Crippen molar-refractivity contribution in [2.75, 3.05) is 64.4 Å². The normalized spacial score (nSPS) is 23.4. The number of carbonyl (C=O) groups excluding carboxylic acids is 1. The largest absolute Gasteiger partial charge is 0.492 e. The second kappa shape index (κ2) is 15.8. The van der Waals surface area contributed by atoms with Crippen molar-refractivity contribution in [3.05, 3.63) is 48.0 Å². The molecule has 2 aromatic carbocycles. The molecule has 1 amide bonds. The van der Waals surface area contributed by atoms with Gasteiger partial charge in [0.2, 0.25) is 16.8 Å². The highest BCUT2D eigenvalue weighted by Gasteiger charge is 2.44. The summed E-state index contributed by atoms with van der Waals surface area (Å²) in [7, 11) is -4.05. The summed E-state index contributed by atoms with van der Waals surface area (Å²) in [6, 6.07) is 11.1. The Morgan fingerprint density at radius 3 is 2.71 bits per heavy atom. The molecule has 48 heavy (non-hydrogen) atoms. The third-order valence-corrected chi connectivity index (χ3v) is 11.7. The maximum Gasteiger partial charge on any atom is 0.407 e. The Labute approximate surface area is 286 Å². The van der Waals surface area contributed by atoms with E-state index >= 15 is 0 Å². The van der Waals surface area contributed by atoms with Gasteiger partial charge in [0.05, 0.1) is 36.2 Å². The maximum atomic E-state index is 13.9. The van der Waals surface area contributed by atoms with Crippen LogP contribution in [0.15, 0.2) is 47.4 Å². The number of sulfonamides is 1. The molecule has 4 heterocycles. The predicted octanol–water partition coefficient (Wildman–Crippen LogP) is 2.91. The minimum absolute atomic E-state index is 0.0169. The predicted molar refractivity (Wildman–Crippen MR) is 178 cm³/mol. The van der Waals surface area contributed by atoms with Gasteiger partial charge in [0.1, 0.15) is 18.5 Å². The summed E-state index contributed by atoms with van der Waals surface area (Å²) < 4.78 is 62.7. The molecule has 0 aliphatic carbocycles. The summed E-state index contributed by atoms with van der Waals surface area (Å²) in [4.78, 5) is 15.6. The van der Waals surface area contributed by atoms with Crippen LogP contribution >= 0.6 is 11.8 Å². The fraction of sp³-hybridized carbons (Fsp3) is 0.606. The Balaban J connectivity index is 1.16. The number of nitrogens with zero attached hydrogens (tertiary/aromatic N) is 2. The molecule has 3 fully saturated rings. The lowest BCUT2D eigenvalue weighted by Crippen LogP contribution is -2.51. The summed E-state index contributed by atoms with van der Waals surface area (Å²) in [5.41, 5.74) is 0.824. The first-order valence-electron chi connectivity index (χ1n) is 16.5. The highest BCUT2D eigenvalue weighted by Crippen LogP contribution is 2.35. The SMILES string of the molecule is CC(C)CN(C[C@@H](O)[C@H](Cc1ccc(OCCN2CCSC2)cc1)NC(=O)O[C@H]1CO[C@H]2OCC[C@H]21)S(=O)(=O)c1ccc2c(c1)OCO2. The van der Waals surface area contributed by atoms with Crippen molar-refractivity contribution in [1.29, 1.82) is 0 Å². The van der Waals surface area contributed by atoms with E-state index in [9.17, 15) is 18.3 Å². The molecule has 13 nitrogen and oxygen atoms in total. The average molecular weight is 708 g/mol. The minimum atomic E-state index is -4.05. The molecule has 0 bridgehead atoms. The van der Waals surface area contributed by atoms with Crippen molar-refractivity contribution in [3.8, 4) is 17.2 Å². The lowest BCUT2D eigenvalue weighted by Gasteiger charge is -2.31. The monoisotopic (exact) mass is 707 g/mol. The Hall–Kier alpha value is -2.79. The summed E-state index contributed by atoms with van der Waals surface area (Å²) in [6.45, 7) is 6.98. The highest BCUT2D eigenvalue weighted by molar-refractivity contribution is 7.99. The van der Waals surface area contributed by atoms with Gasteiger partial charge in [0.15, 0.2) is 17.8 Å². The Kier molecular flexibility index (Phi) is 11.6. The molecule has 264 valence electrons. The summed E-state index contributed by atoms with van der Waals surface area (Å²) in [5.74, 6) is 3.61. The molecule has 6 rings (SSSR count). The summed E-state index contributed by atoms with van der Waals surface area (Å²) >= 11 is 1.92. The van der Waals surface area contributed by atoms with Gasteiger partial charge >= 0.3 is 6.09 Å². The number of hydrogen-bond acceptors (Lipinski definition) is 12. The van der Waals surface area contributed by atoms with Gasteiger partial charge in [0, 0.05) is 43.9 Å². The van der Waals surface area contributed by atoms with Gasteiger partial charge in [-0.05, 0) is 48.6 Å². The Morgan fingerprint density at radius 2 is 1.94 bits per heavy atom. The van der Waals surface area contributed by atoms with Crippen LogP contribution in [-0.2, 0) is 30.7 Å². The number of aliphatic hydroxyl groups is 1. The number of ether oxygens (including phenoxy) is 6. The molecule has 3 saturated heterocycles. The molecule has 2 aromatic rings. The van der Waals surface area contributed by atoms with Crippen LogP contribution in [0.25, 0.3) is 0 Å². The quantitative estimate of drug-likeness (QED) is 0.281. The van der Waals surface area contributed by atoms with E-state index in [2.05, 4.69) is 10.2 Å². The summed E-state index contributed by atoms with van der Waals surface area (Å²) in [5, 5.41) is 14.5. The number of nitrogens with one attached hydrogen (secondary N) is 1. The fourth-order valence-electron chi connectivity index (χ4n) is 6.25. The third kappa shape index (κ3) is 8.67. The van der Waals surface area contributed by atoms with Gasteiger partial charge < -0.3 is 38.8 Å². The molecule has 0 spiro atoms. The van der Waals surface area contributed by atoms with Crippen molar-refractivity contribution < 1.29 is 46.7 Å². The molecule has 0 aromatic heterocycles. The Morgan fingerprint density at radius 1 is 1.12 bits per heavy atom. The van der Waals surface area contributed by atoms with Crippen LogP contribution in [-0.4, -0.2) is 118 Å². The van der Waals surface area contributed by atoms with E-state index in [1.165, 1.54) is 16.4 Å². The second-order valence-corrected chi connectivity index (χ2v) is 15.9. The van der Waals surface area contributed by atoms with Crippen LogP contribution in [0.2, 0.25) is 0 Å². The third-order valence-electron chi connectivity index (χ3n) is 8.83. The number of alkyl carbamates (subject to hydrolysis) is 1. The van der Waals surface area contributed by atoms with Gasteiger partial charge in [-0.3, -0.25) is 4.90 Å². The van der Waals surface area contributed by atoms with E-state index in [-0.39, 0.29) is 55.9 Å². The number of thioether (sulfide) groups is 1. The number of amides is 1. The lowest BCUT2D eigenvalue weighted by atomic mass is 10.0. The zero-order chi connectivity index (χ0) is 33.7. The highest BCUT2D eigenvalue weighted by atomic mass is 32.2.